The molecule has 0 aliphatic carbocycles. The maximum atomic E-state index is 16.8. The molecule has 11 nitrogen and oxygen atoms in total. The Morgan fingerprint density at radius 3 is 2.40 bits per heavy atom. The van der Waals surface area contributed by atoms with Crippen LogP contribution < -0.4 is 9.61 Å². The highest BCUT2D eigenvalue weighted by molar-refractivity contribution is 7.52. The van der Waals surface area contributed by atoms with Gasteiger partial charge in [0.2, 0.25) is 5.91 Å². The second kappa shape index (κ2) is 13.3. The van der Waals surface area contributed by atoms with Crippen LogP contribution in [-0.4, -0.2) is 73.7 Å². The third-order valence-electron chi connectivity index (χ3n) is 7.63. The molecule has 0 saturated carbocycles. The standard InChI is InChI=1S/C29H44FN2O9PSi/c1-19(2)38-26(35)20(3)31-42(36,40-22-13-11-10-12-14-22)37-18-23-25(41-43(8,9)28(4,5)6)29(7,30)27(39-23)32-16-15-21(33)17-24(32)34/h10-16,19-20,23,25,27H,17-18H2,1-9H3,(H,31,36)/t20-,23+,25+,27+,29+,42-/m0/s1. The monoisotopic (exact) mass is 642 g/mol. The molecule has 0 bridgehead atoms. The van der Waals surface area contributed by atoms with E-state index < -0.39 is 83.0 Å². The van der Waals surface area contributed by atoms with Crippen LogP contribution in [0, 0.1) is 0 Å². The zero-order valence-electron chi connectivity index (χ0n) is 26.3. The Labute approximate surface area is 254 Å². The van der Waals surface area contributed by atoms with Crippen molar-refractivity contribution in [2.24, 2.45) is 0 Å². The summed E-state index contributed by atoms with van der Waals surface area (Å²) in [5.41, 5.74) is -2.25. The van der Waals surface area contributed by atoms with Crippen molar-refractivity contribution >= 4 is 33.7 Å². The van der Waals surface area contributed by atoms with Gasteiger partial charge in [0.15, 0.2) is 26.0 Å². The molecule has 240 valence electrons. The number of amides is 1. The van der Waals surface area contributed by atoms with Gasteiger partial charge in [0.1, 0.15) is 24.0 Å². The summed E-state index contributed by atoms with van der Waals surface area (Å²) in [6.07, 6.45) is -2.28. The molecular formula is C29H44FN2O9PSi. The number of carbonyl (C=O) groups is 3. The molecule has 0 radical (unpaired) electrons. The summed E-state index contributed by atoms with van der Waals surface area (Å²) in [7, 11) is -6.94. The number of nitrogens with zero attached hydrogens (tertiary/aromatic N) is 1. The maximum Gasteiger partial charge on any atom is 0.459 e. The molecule has 43 heavy (non-hydrogen) atoms. The van der Waals surface area contributed by atoms with E-state index in [2.05, 4.69) is 5.09 Å². The zero-order chi connectivity index (χ0) is 32.4. The van der Waals surface area contributed by atoms with Crippen LogP contribution in [-0.2, 0) is 37.4 Å². The number of ketones is 1. The van der Waals surface area contributed by atoms with Crippen molar-refractivity contribution in [2.75, 3.05) is 6.61 Å². The normalized spacial score (nSPS) is 26.9. The molecule has 1 aromatic carbocycles. The first-order chi connectivity index (χ1) is 19.8. The third-order valence-corrected chi connectivity index (χ3v) is 13.7. The Balaban J connectivity index is 1.94. The van der Waals surface area contributed by atoms with E-state index in [0.29, 0.717) is 0 Å². The lowest BCUT2D eigenvalue weighted by Crippen LogP contribution is -2.56. The summed E-state index contributed by atoms with van der Waals surface area (Å²) in [6.45, 7) is 15.5. The molecule has 0 spiro atoms. The number of esters is 1. The average molecular weight is 643 g/mol. The first kappa shape index (κ1) is 35.1. The number of hydrogen-bond donors (Lipinski definition) is 1. The smallest absolute Gasteiger partial charge is 0.459 e. The van der Waals surface area contributed by atoms with Crippen molar-refractivity contribution in [3.8, 4) is 5.75 Å². The Morgan fingerprint density at radius 2 is 1.84 bits per heavy atom. The first-order valence-electron chi connectivity index (χ1n) is 14.3. The summed E-state index contributed by atoms with van der Waals surface area (Å²) >= 11 is 0. The highest BCUT2D eigenvalue weighted by atomic mass is 31.2. The van der Waals surface area contributed by atoms with E-state index in [0.717, 1.165) is 4.90 Å². The molecule has 0 unspecified atom stereocenters. The van der Waals surface area contributed by atoms with E-state index in [1.807, 2.05) is 33.9 Å². The topological polar surface area (TPSA) is 130 Å². The highest BCUT2D eigenvalue weighted by Gasteiger charge is 2.61. The fourth-order valence-corrected chi connectivity index (χ4v) is 7.16. The van der Waals surface area contributed by atoms with Crippen molar-refractivity contribution < 1.29 is 46.3 Å². The van der Waals surface area contributed by atoms with Crippen LogP contribution in [0.25, 0.3) is 0 Å². The third kappa shape index (κ3) is 8.61. The largest absolute Gasteiger partial charge is 0.462 e. The van der Waals surface area contributed by atoms with E-state index in [-0.39, 0.29) is 10.8 Å². The predicted molar refractivity (Wildman–Crippen MR) is 160 cm³/mol. The van der Waals surface area contributed by atoms with Crippen molar-refractivity contribution in [2.45, 2.75) is 109 Å². The van der Waals surface area contributed by atoms with Crippen LogP contribution in [0.5, 0.6) is 5.75 Å². The number of rotatable bonds is 12. The van der Waals surface area contributed by atoms with Crippen LogP contribution in [0.2, 0.25) is 18.1 Å². The Bertz CT molecular complexity index is 1250. The minimum absolute atomic E-state index is 0.200. The molecule has 3 rings (SSSR count). The molecule has 2 heterocycles. The number of carbonyl (C=O) groups excluding carboxylic acids is 3. The quantitative estimate of drug-likeness (QED) is 0.139. The van der Waals surface area contributed by atoms with Gasteiger partial charge in [0.25, 0.3) is 0 Å². The fraction of sp³-hybridized carbons (Fsp3) is 0.621. The summed E-state index contributed by atoms with van der Waals surface area (Å²) < 4.78 is 60.2. The molecule has 1 amide bonds. The number of hydrogen-bond acceptors (Lipinski definition) is 9. The highest BCUT2D eigenvalue weighted by Crippen LogP contribution is 2.49. The van der Waals surface area contributed by atoms with Crippen molar-refractivity contribution in [1.82, 2.24) is 9.99 Å². The fourth-order valence-electron chi connectivity index (χ4n) is 4.28. The van der Waals surface area contributed by atoms with Gasteiger partial charge >= 0.3 is 13.7 Å². The van der Waals surface area contributed by atoms with Crippen LogP contribution in [0.3, 0.4) is 0 Å². The van der Waals surface area contributed by atoms with Crippen LogP contribution in [0.4, 0.5) is 4.39 Å². The predicted octanol–water partition coefficient (Wildman–Crippen LogP) is 5.28. The number of alkyl halides is 1. The molecule has 1 aromatic rings. The second-order valence-electron chi connectivity index (χ2n) is 12.8. The van der Waals surface area contributed by atoms with Gasteiger partial charge in [0, 0.05) is 6.20 Å². The summed E-state index contributed by atoms with van der Waals surface area (Å²) in [6, 6.07) is 7.13. The molecule has 6 atom stereocenters. The molecule has 1 fully saturated rings. The van der Waals surface area contributed by atoms with E-state index >= 15 is 4.39 Å². The summed E-state index contributed by atoms with van der Waals surface area (Å²) in [4.78, 5) is 38.1. The summed E-state index contributed by atoms with van der Waals surface area (Å²) in [5.74, 6) is -1.49. The van der Waals surface area contributed by atoms with Crippen LogP contribution in [0.15, 0.2) is 42.6 Å². The van der Waals surface area contributed by atoms with Gasteiger partial charge in [-0.15, -0.1) is 0 Å². The van der Waals surface area contributed by atoms with Gasteiger partial charge in [-0.25, -0.2) is 8.96 Å². The molecule has 1 saturated heterocycles. The SMILES string of the molecule is CC(C)OC(=O)[C@H](C)N[P@](=O)(OC[C@H]1O[C@@H](N2C=CC(=O)CC2=O)[C@](C)(F)[C@@H]1O[Si](C)(C)C(C)(C)C)Oc1ccccc1. The van der Waals surface area contributed by atoms with Crippen LogP contribution >= 0.6 is 7.75 Å². The number of para-hydroxylation sites is 1. The van der Waals surface area contributed by atoms with Gasteiger partial charge in [-0.3, -0.25) is 23.8 Å². The molecule has 14 heteroatoms. The Morgan fingerprint density at radius 1 is 1.21 bits per heavy atom. The number of benzene rings is 1. The summed E-state index contributed by atoms with van der Waals surface area (Å²) in [5, 5.41) is 2.30. The Kier molecular flexibility index (Phi) is 10.8. The second-order valence-corrected chi connectivity index (χ2v) is 19.2. The molecule has 1 N–H and O–H groups in total. The zero-order valence-corrected chi connectivity index (χ0v) is 28.2. The van der Waals surface area contributed by atoms with Crippen molar-refractivity contribution in [3.63, 3.8) is 0 Å². The van der Waals surface area contributed by atoms with Gasteiger partial charge in [-0.05, 0) is 64.0 Å². The number of halogens is 1. The van der Waals surface area contributed by atoms with E-state index in [4.69, 9.17) is 22.9 Å². The molecule has 2 aliphatic heterocycles. The van der Waals surface area contributed by atoms with Crippen molar-refractivity contribution in [1.29, 1.82) is 0 Å². The molecule has 2 aliphatic rings. The number of allylic oxidation sites excluding steroid dienone is 1. The van der Waals surface area contributed by atoms with Gasteiger partial charge in [-0.1, -0.05) is 39.0 Å². The molecular weight excluding hydrogens is 598 g/mol. The minimum atomic E-state index is -4.31. The van der Waals surface area contributed by atoms with Gasteiger partial charge in [0.05, 0.1) is 19.1 Å². The number of ether oxygens (including phenoxy) is 2. The maximum absolute atomic E-state index is 16.8. The van der Waals surface area contributed by atoms with Crippen molar-refractivity contribution in [3.05, 3.63) is 42.6 Å². The first-order valence-corrected chi connectivity index (χ1v) is 18.7. The van der Waals surface area contributed by atoms with E-state index in [1.54, 1.807) is 44.2 Å². The minimum Gasteiger partial charge on any atom is -0.462 e. The Hall–Kier alpha value is -2.41. The lowest BCUT2D eigenvalue weighted by molar-refractivity contribution is -0.150. The van der Waals surface area contributed by atoms with E-state index in [1.165, 1.54) is 26.1 Å². The average Bonchev–Trinajstić information content (AvgIpc) is 3.11. The van der Waals surface area contributed by atoms with Gasteiger partial charge < -0.3 is 18.4 Å². The number of nitrogens with one attached hydrogen (secondary N) is 1. The lowest BCUT2D eigenvalue weighted by Gasteiger charge is -2.42. The van der Waals surface area contributed by atoms with Crippen LogP contribution in [0.1, 0.15) is 54.9 Å². The van der Waals surface area contributed by atoms with E-state index in [9.17, 15) is 18.9 Å². The van der Waals surface area contributed by atoms with Gasteiger partial charge in [-0.2, -0.15) is 5.09 Å². The molecule has 0 aromatic heterocycles. The lowest BCUT2D eigenvalue weighted by atomic mass is 9.97.